The molecule has 0 aliphatic heterocycles. The van der Waals surface area contributed by atoms with Crippen molar-refractivity contribution in [1.82, 2.24) is 15.0 Å². The second-order valence-electron chi connectivity index (χ2n) is 6.23. The summed E-state index contributed by atoms with van der Waals surface area (Å²) in [6, 6.07) is 12.9. The first kappa shape index (κ1) is 16.8. The van der Waals surface area contributed by atoms with Crippen molar-refractivity contribution in [3.05, 3.63) is 77.9 Å². The van der Waals surface area contributed by atoms with Crippen LogP contribution >= 0.6 is 0 Å². The molecule has 2 aromatic heterocycles. The lowest BCUT2D eigenvalue weighted by Gasteiger charge is -2.08. The lowest BCUT2D eigenvalue weighted by molar-refractivity contribution is 0.102. The third-order valence-corrected chi connectivity index (χ3v) is 4.46. The average Bonchev–Trinajstić information content (AvgIpc) is 2.98. The number of amides is 1. The highest BCUT2D eigenvalue weighted by molar-refractivity contribution is 6.12. The number of nitrogens with zero attached hydrogens (tertiary/aromatic N) is 2. The fraction of sp³-hybridized carbons (Fsp3) is 0.0952. The third kappa shape index (κ3) is 3.37. The maximum atomic E-state index is 12.7. The molecular weight excluding hydrogens is 340 g/mol. The van der Waals surface area contributed by atoms with E-state index in [0.29, 0.717) is 22.9 Å². The standard InChI is InChI=1S/C21H18N4O2/c1-13-14(2)24-20-17(13)4-3-5-18(20)21(26)25-15-6-8-16(9-7-15)27-19-12-22-10-11-23-19/h3-12,24H,1-2H3,(H,25,26). The molecule has 0 spiro atoms. The first-order valence-electron chi connectivity index (χ1n) is 8.55. The molecular formula is C21H18N4O2. The second-order valence-corrected chi connectivity index (χ2v) is 6.23. The van der Waals surface area contributed by atoms with Gasteiger partial charge in [0, 0.05) is 29.2 Å². The molecule has 0 aliphatic carbocycles. The first-order chi connectivity index (χ1) is 13.1. The summed E-state index contributed by atoms with van der Waals surface area (Å²) in [5.74, 6) is 0.870. The second kappa shape index (κ2) is 6.92. The maximum Gasteiger partial charge on any atom is 0.257 e. The minimum atomic E-state index is -0.163. The molecule has 134 valence electrons. The Labute approximate surface area is 156 Å². The molecule has 0 unspecified atom stereocenters. The van der Waals surface area contributed by atoms with Crippen molar-refractivity contribution < 1.29 is 9.53 Å². The molecule has 0 radical (unpaired) electrons. The fourth-order valence-electron chi connectivity index (χ4n) is 2.94. The quantitative estimate of drug-likeness (QED) is 0.558. The summed E-state index contributed by atoms with van der Waals surface area (Å²) in [5, 5.41) is 3.99. The van der Waals surface area contributed by atoms with Crippen molar-refractivity contribution in [3.63, 3.8) is 0 Å². The van der Waals surface area contributed by atoms with E-state index in [2.05, 4.69) is 20.3 Å². The van der Waals surface area contributed by atoms with Crippen LogP contribution in [0.25, 0.3) is 10.9 Å². The van der Waals surface area contributed by atoms with Gasteiger partial charge in [0.25, 0.3) is 5.91 Å². The van der Waals surface area contributed by atoms with E-state index in [1.54, 1.807) is 36.7 Å². The van der Waals surface area contributed by atoms with Crippen LogP contribution in [0.5, 0.6) is 11.6 Å². The van der Waals surface area contributed by atoms with Crippen LogP contribution in [0.15, 0.2) is 61.1 Å². The number of aromatic amines is 1. The van der Waals surface area contributed by atoms with E-state index >= 15 is 0 Å². The number of ether oxygens (including phenoxy) is 1. The van der Waals surface area contributed by atoms with E-state index < -0.39 is 0 Å². The molecule has 1 amide bonds. The molecule has 6 heteroatoms. The van der Waals surface area contributed by atoms with Gasteiger partial charge in [-0.15, -0.1) is 0 Å². The summed E-state index contributed by atoms with van der Waals surface area (Å²) in [4.78, 5) is 24.1. The van der Waals surface area contributed by atoms with Crippen molar-refractivity contribution in [1.29, 1.82) is 0 Å². The zero-order valence-electron chi connectivity index (χ0n) is 15.0. The normalized spacial score (nSPS) is 10.7. The molecule has 2 N–H and O–H groups in total. The highest BCUT2D eigenvalue weighted by Crippen LogP contribution is 2.25. The summed E-state index contributed by atoms with van der Waals surface area (Å²) < 4.78 is 5.61. The maximum absolute atomic E-state index is 12.7. The van der Waals surface area contributed by atoms with Gasteiger partial charge in [-0.3, -0.25) is 9.78 Å². The number of carbonyl (C=O) groups excluding carboxylic acids is 1. The average molecular weight is 358 g/mol. The van der Waals surface area contributed by atoms with Gasteiger partial charge in [0.05, 0.1) is 17.3 Å². The minimum Gasteiger partial charge on any atom is -0.438 e. The van der Waals surface area contributed by atoms with E-state index in [1.165, 1.54) is 6.20 Å². The van der Waals surface area contributed by atoms with Crippen molar-refractivity contribution in [3.8, 4) is 11.6 Å². The van der Waals surface area contributed by atoms with Crippen molar-refractivity contribution in [2.24, 2.45) is 0 Å². The molecule has 0 atom stereocenters. The van der Waals surface area contributed by atoms with Crippen LogP contribution in [0.2, 0.25) is 0 Å². The monoisotopic (exact) mass is 358 g/mol. The first-order valence-corrected chi connectivity index (χ1v) is 8.55. The summed E-state index contributed by atoms with van der Waals surface area (Å²) in [5.41, 5.74) is 4.38. The van der Waals surface area contributed by atoms with E-state index in [9.17, 15) is 4.79 Å². The number of rotatable bonds is 4. The number of hydrogen-bond donors (Lipinski definition) is 2. The van der Waals surface area contributed by atoms with Crippen LogP contribution in [0.1, 0.15) is 21.6 Å². The smallest absolute Gasteiger partial charge is 0.257 e. The Morgan fingerprint density at radius 3 is 2.63 bits per heavy atom. The van der Waals surface area contributed by atoms with Crippen LogP contribution in [0, 0.1) is 13.8 Å². The number of nitrogens with one attached hydrogen (secondary N) is 2. The van der Waals surface area contributed by atoms with E-state index in [4.69, 9.17) is 4.74 Å². The zero-order chi connectivity index (χ0) is 18.8. The number of aromatic nitrogens is 3. The summed E-state index contributed by atoms with van der Waals surface area (Å²) in [6.07, 6.45) is 4.68. The largest absolute Gasteiger partial charge is 0.438 e. The number of anilines is 1. The minimum absolute atomic E-state index is 0.163. The number of carbonyl (C=O) groups is 1. The molecule has 0 saturated heterocycles. The van der Waals surface area contributed by atoms with Gasteiger partial charge in [-0.2, -0.15) is 0 Å². The molecule has 6 nitrogen and oxygen atoms in total. The molecule has 2 heterocycles. The number of H-pyrrole nitrogens is 1. The van der Waals surface area contributed by atoms with Crippen LogP contribution in [0.3, 0.4) is 0 Å². The van der Waals surface area contributed by atoms with Crippen molar-refractivity contribution in [2.75, 3.05) is 5.32 Å². The molecule has 0 aliphatic rings. The van der Waals surface area contributed by atoms with Gasteiger partial charge in [-0.1, -0.05) is 12.1 Å². The SMILES string of the molecule is Cc1[nH]c2c(C(=O)Nc3ccc(Oc4cnccn4)cc3)cccc2c1C. The van der Waals surface area contributed by atoms with Crippen LogP contribution in [-0.4, -0.2) is 20.9 Å². The van der Waals surface area contributed by atoms with E-state index in [-0.39, 0.29) is 5.91 Å². The predicted octanol–water partition coefficient (Wildman–Crippen LogP) is 4.62. The van der Waals surface area contributed by atoms with Gasteiger partial charge in [-0.25, -0.2) is 4.98 Å². The van der Waals surface area contributed by atoms with Gasteiger partial charge in [0.2, 0.25) is 5.88 Å². The summed E-state index contributed by atoms with van der Waals surface area (Å²) in [7, 11) is 0. The molecule has 4 aromatic rings. The van der Waals surface area contributed by atoms with Crippen LogP contribution in [0.4, 0.5) is 5.69 Å². The Balaban J connectivity index is 1.52. The van der Waals surface area contributed by atoms with Crippen molar-refractivity contribution >= 4 is 22.5 Å². The Morgan fingerprint density at radius 1 is 1.07 bits per heavy atom. The van der Waals surface area contributed by atoms with Gasteiger partial charge >= 0.3 is 0 Å². The summed E-state index contributed by atoms with van der Waals surface area (Å²) >= 11 is 0. The zero-order valence-corrected chi connectivity index (χ0v) is 15.0. The number of hydrogen-bond acceptors (Lipinski definition) is 4. The van der Waals surface area contributed by atoms with E-state index in [1.807, 2.05) is 32.0 Å². The number of para-hydroxylation sites is 1. The molecule has 0 bridgehead atoms. The topological polar surface area (TPSA) is 79.9 Å². The van der Waals surface area contributed by atoms with Gasteiger partial charge in [-0.05, 0) is 49.7 Å². The molecule has 4 rings (SSSR count). The predicted molar refractivity (Wildman–Crippen MR) is 104 cm³/mol. The van der Waals surface area contributed by atoms with Crippen molar-refractivity contribution in [2.45, 2.75) is 13.8 Å². The number of benzene rings is 2. The van der Waals surface area contributed by atoms with Gasteiger partial charge in [0.15, 0.2) is 0 Å². The lowest BCUT2D eigenvalue weighted by Crippen LogP contribution is -2.12. The molecule has 2 aromatic carbocycles. The Morgan fingerprint density at radius 2 is 1.89 bits per heavy atom. The molecule has 27 heavy (non-hydrogen) atoms. The number of fused-ring (bicyclic) bond motifs is 1. The third-order valence-electron chi connectivity index (χ3n) is 4.46. The van der Waals surface area contributed by atoms with E-state index in [0.717, 1.165) is 22.2 Å². The van der Waals surface area contributed by atoms with Crippen LogP contribution in [-0.2, 0) is 0 Å². The highest BCUT2D eigenvalue weighted by atomic mass is 16.5. The van der Waals surface area contributed by atoms with Crippen LogP contribution < -0.4 is 10.1 Å². The fourth-order valence-corrected chi connectivity index (χ4v) is 2.94. The number of aryl methyl sites for hydroxylation is 2. The Hall–Kier alpha value is -3.67. The Bertz CT molecular complexity index is 1100. The van der Waals surface area contributed by atoms with Gasteiger partial charge in [0.1, 0.15) is 5.75 Å². The Kier molecular flexibility index (Phi) is 4.30. The lowest BCUT2D eigenvalue weighted by atomic mass is 10.1. The highest BCUT2D eigenvalue weighted by Gasteiger charge is 2.14. The van der Waals surface area contributed by atoms with Gasteiger partial charge < -0.3 is 15.0 Å². The molecule has 0 fully saturated rings. The molecule has 0 saturated carbocycles. The summed E-state index contributed by atoms with van der Waals surface area (Å²) in [6.45, 7) is 4.05.